The van der Waals surface area contributed by atoms with Crippen LogP contribution in [0.15, 0.2) is 71.6 Å². The predicted octanol–water partition coefficient (Wildman–Crippen LogP) is 8.40. The number of carbonyl (C=O) groups excluding carboxylic acids is 1. The van der Waals surface area contributed by atoms with Gasteiger partial charge in [0.1, 0.15) is 17.2 Å². The zero-order valence-corrected chi connectivity index (χ0v) is 27.5. The minimum atomic E-state index is -1.45. The summed E-state index contributed by atoms with van der Waals surface area (Å²) >= 11 is 8.10. The van der Waals surface area contributed by atoms with Crippen molar-refractivity contribution in [2.24, 2.45) is 0 Å². The molecule has 1 aromatic heterocycles. The summed E-state index contributed by atoms with van der Waals surface area (Å²) in [7, 11) is 1.54. The number of aromatic nitrogens is 1. The lowest BCUT2D eigenvalue weighted by atomic mass is 9.70. The number of aliphatic hydroxyl groups is 1. The second-order valence-corrected chi connectivity index (χ2v) is 13.8. The van der Waals surface area contributed by atoms with E-state index < -0.39 is 40.9 Å². The number of carbonyl (C=O) groups is 1. The van der Waals surface area contributed by atoms with Crippen LogP contribution in [0, 0.1) is 11.6 Å². The lowest BCUT2D eigenvalue weighted by Gasteiger charge is -2.47. The van der Waals surface area contributed by atoms with Crippen LogP contribution in [-0.2, 0) is 11.2 Å². The summed E-state index contributed by atoms with van der Waals surface area (Å²) in [6, 6.07) is 17.9. The van der Waals surface area contributed by atoms with Crippen LogP contribution >= 0.6 is 23.4 Å². The molecule has 238 valence electrons. The van der Waals surface area contributed by atoms with Gasteiger partial charge in [0.15, 0.2) is 0 Å². The Labute approximate surface area is 271 Å². The van der Waals surface area contributed by atoms with E-state index in [-0.39, 0.29) is 31.4 Å². The maximum absolute atomic E-state index is 15.0. The first-order valence-corrected chi connectivity index (χ1v) is 16.3. The van der Waals surface area contributed by atoms with Gasteiger partial charge in [-0.3, -0.25) is 0 Å². The molecule has 5 rings (SSSR count). The summed E-state index contributed by atoms with van der Waals surface area (Å²) in [5.41, 5.74) is 0.153. The minimum Gasteiger partial charge on any atom is -0.481 e. The van der Waals surface area contributed by atoms with E-state index in [1.165, 1.54) is 24.1 Å². The van der Waals surface area contributed by atoms with E-state index >= 15 is 0 Å². The smallest absolute Gasteiger partial charge is 0.410 e. The van der Waals surface area contributed by atoms with Gasteiger partial charge < -0.3 is 19.5 Å². The number of nitrogens with zero attached hydrogens (tertiary/aromatic N) is 2. The molecule has 1 aliphatic heterocycles. The summed E-state index contributed by atoms with van der Waals surface area (Å²) in [5, 5.41) is 14.1. The molecule has 0 spiro atoms. The lowest BCUT2D eigenvalue weighted by Crippen LogP contribution is -2.56. The fourth-order valence-corrected chi connectivity index (χ4v) is 6.83. The first-order valence-electron chi connectivity index (χ1n) is 14.7. The maximum Gasteiger partial charge on any atom is 0.410 e. The third kappa shape index (κ3) is 7.37. The fraction of sp³-hybridized carbons (Fsp3) is 0.371. The van der Waals surface area contributed by atoms with Crippen LogP contribution in [0.3, 0.4) is 0 Å². The Kier molecular flexibility index (Phi) is 9.63. The predicted molar refractivity (Wildman–Crippen MR) is 174 cm³/mol. The van der Waals surface area contributed by atoms with Crippen molar-refractivity contribution in [2.45, 2.75) is 68.1 Å². The number of methoxy groups -OCH3 is 1. The highest BCUT2D eigenvalue weighted by Gasteiger charge is 2.48. The number of hydrogen-bond donors (Lipinski definition) is 1. The van der Waals surface area contributed by atoms with Crippen molar-refractivity contribution in [1.82, 2.24) is 9.88 Å². The highest BCUT2D eigenvalue weighted by molar-refractivity contribution is 7.98. The van der Waals surface area contributed by atoms with Crippen molar-refractivity contribution < 1.29 is 28.2 Å². The Balaban J connectivity index is 1.64. The van der Waals surface area contributed by atoms with Gasteiger partial charge in [-0.05, 0) is 99.9 Å². The van der Waals surface area contributed by atoms with Gasteiger partial charge in [-0.2, -0.15) is 0 Å². The summed E-state index contributed by atoms with van der Waals surface area (Å²) in [5.74, 6) is -1.73. The monoisotopic (exact) mass is 654 g/mol. The molecule has 0 aliphatic carbocycles. The van der Waals surface area contributed by atoms with E-state index in [1.54, 1.807) is 44.7 Å². The van der Waals surface area contributed by atoms with E-state index in [1.807, 2.05) is 42.7 Å². The van der Waals surface area contributed by atoms with Crippen LogP contribution < -0.4 is 4.74 Å². The van der Waals surface area contributed by atoms with Gasteiger partial charge in [0.05, 0.1) is 18.2 Å². The number of likely N-dealkylation sites (tertiary alicyclic amines) is 1. The Bertz CT molecular complexity index is 1720. The Morgan fingerprint density at radius 2 is 1.93 bits per heavy atom. The van der Waals surface area contributed by atoms with Crippen molar-refractivity contribution in [2.75, 3.05) is 19.9 Å². The van der Waals surface area contributed by atoms with Gasteiger partial charge in [0.2, 0.25) is 5.88 Å². The molecule has 3 atom stereocenters. The molecule has 0 saturated carbocycles. The number of thioether (sulfide) groups is 1. The molecule has 1 saturated heterocycles. The van der Waals surface area contributed by atoms with Gasteiger partial charge in [-0.15, -0.1) is 11.8 Å². The number of halogens is 3. The average molecular weight is 655 g/mol. The molecule has 1 N–H and O–H groups in total. The van der Waals surface area contributed by atoms with Crippen LogP contribution in [0.4, 0.5) is 13.6 Å². The lowest BCUT2D eigenvalue weighted by molar-refractivity contribution is -0.0631. The molecule has 4 aromatic rings. The molecule has 1 aliphatic rings. The number of fused-ring (bicyclic) bond motifs is 1. The molecule has 3 aromatic carbocycles. The topological polar surface area (TPSA) is 71.9 Å². The molecule has 0 radical (unpaired) electrons. The van der Waals surface area contributed by atoms with Crippen molar-refractivity contribution >= 4 is 40.4 Å². The Morgan fingerprint density at radius 3 is 2.60 bits per heavy atom. The van der Waals surface area contributed by atoms with Crippen molar-refractivity contribution in [3.63, 3.8) is 0 Å². The average Bonchev–Trinajstić information content (AvgIpc) is 2.97. The summed E-state index contributed by atoms with van der Waals surface area (Å²) in [6.07, 6.45) is 1.72. The minimum absolute atomic E-state index is 0.0418. The van der Waals surface area contributed by atoms with Gasteiger partial charge in [0, 0.05) is 45.4 Å². The second kappa shape index (κ2) is 13.1. The molecule has 2 heterocycles. The fourth-order valence-electron chi connectivity index (χ4n) is 6.18. The highest BCUT2D eigenvalue weighted by Crippen LogP contribution is 2.47. The van der Waals surface area contributed by atoms with Gasteiger partial charge in [-0.1, -0.05) is 29.8 Å². The van der Waals surface area contributed by atoms with Crippen LogP contribution in [-0.4, -0.2) is 58.2 Å². The van der Waals surface area contributed by atoms with Crippen molar-refractivity contribution in [3.8, 4) is 5.88 Å². The number of piperidine rings is 1. The molecule has 6 nitrogen and oxygen atoms in total. The van der Waals surface area contributed by atoms with E-state index in [4.69, 9.17) is 26.1 Å². The van der Waals surface area contributed by atoms with E-state index in [9.17, 15) is 18.7 Å². The molecular weight excluding hydrogens is 618 g/mol. The first kappa shape index (κ1) is 33.0. The highest BCUT2D eigenvalue weighted by atomic mass is 35.5. The quantitative estimate of drug-likeness (QED) is 0.202. The van der Waals surface area contributed by atoms with E-state index in [0.717, 1.165) is 27.4 Å². The Hall–Kier alpha value is -3.40. The normalized spacial score (nSPS) is 19.4. The van der Waals surface area contributed by atoms with E-state index in [0.29, 0.717) is 16.5 Å². The zero-order valence-electron chi connectivity index (χ0n) is 25.9. The molecule has 3 unspecified atom stereocenters. The van der Waals surface area contributed by atoms with Gasteiger partial charge in [-0.25, -0.2) is 18.6 Å². The van der Waals surface area contributed by atoms with Gasteiger partial charge >= 0.3 is 6.09 Å². The van der Waals surface area contributed by atoms with Crippen LogP contribution in [0.1, 0.15) is 56.2 Å². The van der Waals surface area contributed by atoms with Gasteiger partial charge in [0.25, 0.3) is 0 Å². The Morgan fingerprint density at radius 1 is 1.16 bits per heavy atom. The number of hydrogen-bond acceptors (Lipinski definition) is 6. The number of rotatable bonds is 7. The molecule has 45 heavy (non-hydrogen) atoms. The third-order valence-corrected chi connectivity index (χ3v) is 9.11. The first-order chi connectivity index (χ1) is 21.3. The van der Waals surface area contributed by atoms with Crippen LogP contribution in [0.5, 0.6) is 5.88 Å². The number of benzene rings is 3. The van der Waals surface area contributed by atoms with Crippen molar-refractivity contribution in [3.05, 3.63) is 100 Å². The van der Waals surface area contributed by atoms with Crippen LogP contribution in [0.2, 0.25) is 5.02 Å². The maximum atomic E-state index is 15.0. The van der Waals surface area contributed by atoms with Crippen molar-refractivity contribution in [1.29, 1.82) is 0 Å². The standard InChI is InChI=1S/C35H37ClF2N2O4S/c1-34(2,3)44-33(41)40-14-13-35(42,20-26(40)16-21-9-10-25(37)19-29(21)38)31(22-7-6-8-24(36)15-22)28-18-23-17-27(45-5)11-12-30(23)39-32(28)43-4/h6-12,15,17-19,26,31,42H,13-14,16,20H2,1-5H3. The largest absolute Gasteiger partial charge is 0.481 e. The molecular formula is C35H37ClF2N2O4S. The molecule has 1 fully saturated rings. The number of ether oxygens (including phenoxy) is 2. The van der Waals surface area contributed by atoms with Crippen LogP contribution in [0.25, 0.3) is 10.9 Å². The van der Waals surface area contributed by atoms with E-state index in [2.05, 4.69) is 0 Å². The molecule has 0 bridgehead atoms. The summed E-state index contributed by atoms with van der Waals surface area (Å²) < 4.78 is 40.3. The zero-order chi connectivity index (χ0) is 32.5. The number of pyridine rings is 1. The third-order valence-electron chi connectivity index (χ3n) is 8.15. The SMILES string of the molecule is COc1nc2ccc(SC)cc2cc1C(c1cccc(Cl)c1)C1(O)CCN(C(=O)OC(C)(C)C)C(Cc2ccc(F)cc2F)C1. The summed E-state index contributed by atoms with van der Waals surface area (Å²) in [6.45, 7) is 5.46. The number of amides is 1. The summed E-state index contributed by atoms with van der Waals surface area (Å²) in [4.78, 5) is 20.9. The molecule has 10 heteroatoms. The second-order valence-electron chi connectivity index (χ2n) is 12.5. The molecule has 1 amide bonds.